The van der Waals surface area contributed by atoms with Gasteiger partial charge in [-0.25, -0.2) is 0 Å². The highest BCUT2D eigenvalue weighted by Gasteiger charge is 1.98. The number of benzene rings is 1. The summed E-state index contributed by atoms with van der Waals surface area (Å²) in [4.78, 5) is 2.12. The Morgan fingerprint density at radius 3 is 2.60 bits per heavy atom. The molecule has 0 saturated carbocycles. The number of ether oxygens (including phenoxy) is 1. The number of hydrogen-bond acceptors (Lipinski definition) is 3. The summed E-state index contributed by atoms with van der Waals surface area (Å²) in [6, 6.07) is 5.28. The van der Waals surface area contributed by atoms with Crippen LogP contribution >= 0.6 is 0 Å². The van der Waals surface area contributed by atoms with Gasteiger partial charge in [-0.3, -0.25) is 0 Å². The molecular weight excluding hydrogens is 190 g/mol. The molecule has 15 heavy (non-hydrogen) atoms. The van der Waals surface area contributed by atoms with Crippen molar-refractivity contribution in [1.29, 1.82) is 0 Å². The summed E-state index contributed by atoms with van der Waals surface area (Å²) in [5, 5.41) is 9.35. The van der Waals surface area contributed by atoms with E-state index in [1.54, 1.807) is 12.1 Å². The van der Waals surface area contributed by atoms with Gasteiger partial charge in [0.1, 0.15) is 11.5 Å². The molecule has 1 aromatic carbocycles. The van der Waals surface area contributed by atoms with Gasteiger partial charge in [0, 0.05) is 12.6 Å². The lowest BCUT2D eigenvalue weighted by Crippen LogP contribution is -2.15. The lowest BCUT2D eigenvalue weighted by atomic mass is 10.2. The molecule has 0 fully saturated rings. The van der Waals surface area contributed by atoms with Gasteiger partial charge in [-0.05, 0) is 45.1 Å². The Balaban J connectivity index is 2.37. The number of phenols is 1. The van der Waals surface area contributed by atoms with Crippen LogP contribution in [0.2, 0.25) is 0 Å². The van der Waals surface area contributed by atoms with E-state index in [4.69, 9.17) is 4.74 Å². The van der Waals surface area contributed by atoms with Crippen LogP contribution in [0.25, 0.3) is 0 Å². The topological polar surface area (TPSA) is 32.7 Å². The second kappa shape index (κ2) is 5.61. The number of aromatic hydroxyl groups is 1. The van der Waals surface area contributed by atoms with Gasteiger partial charge in [0.25, 0.3) is 0 Å². The molecule has 0 aliphatic heterocycles. The average Bonchev–Trinajstić information content (AvgIpc) is 2.10. The van der Waals surface area contributed by atoms with Crippen LogP contribution in [0.4, 0.5) is 0 Å². The standard InChI is InChI=1S/C12H19NO2/c1-10-7-11(14)9-12(8-10)15-6-4-5-13(2)3/h7-9,14H,4-6H2,1-3H3. The van der Waals surface area contributed by atoms with E-state index >= 15 is 0 Å². The molecule has 0 saturated heterocycles. The first-order valence-electron chi connectivity index (χ1n) is 5.16. The fourth-order valence-electron chi connectivity index (χ4n) is 1.38. The summed E-state index contributed by atoms with van der Waals surface area (Å²) >= 11 is 0. The number of aryl methyl sites for hydroxylation is 1. The Kier molecular flexibility index (Phi) is 4.43. The molecule has 0 atom stereocenters. The molecule has 0 bridgehead atoms. The average molecular weight is 209 g/mol. The van der Waals surface area contributed by atoms with E-state index in [9.17, 15) is 5.11 Å². The molecule has 1 rings (SSSR count). The molecule has 0 heterocycles. The van der Waals surface area contributed by atoms with Crippen molar-refractivity contribution >= 4 is 0 Å². The smallest absolute Gasteiger partial charge is 0.123 e. The molecule has 3 nitrogen and oxygen atoms in total. The van der Waals surface area contributed by atoms with E-state index in [2.05, 4.69) is 4.90 Å². The predicted octanol–water partition coefficient (Wildman–Crippen LogP) is 2.03. The minimum absolute atomic E-state index is 0.262. The summed E-state index contributed by atoms with van der Waals surface area (Å²) in [6.07, 6.45) is 0.988. The normalized spacial score (nSPS) is 10.7. The Bertz CT molecular complexity index is 290. The zero-order valence-corrected chi connectivity index (χ0v) is 9.66. The second-order valence-corrected chi connectivity index (χ2v) is 4.01. The third-order valence-electron chi connectivity index (χ3n) is 2.05. The lowest BCUT2D eigenvalue weighted by molar-refractivity contribution is 0.280. The van der Waals surface area contributed by atoms with Crippen LogP contribution in [0.5, 0.6) is 11.5 Å². The molecule has 84 valence electrons. The van der Waals surface area contributed by atoms with Gasteiger partial charge in [0.15, 0.2) is 0 Å². The van der Waals surface area contributed by atoms with Crippen LogP contribution in [0, 0.1) is 6.92 Å². The Hall–Kier alpha value is -1.22. The fourth-order valence-corrected chi connectivity index (χ4v) is 1.38. The van der Waals surface area contributed by atoms with E-state index in [-0.39, 0.29) is 5.75 Å². The van der Waals surface area contributed by atoms with E-state index in [0.29, 0.717) is 6.61 Å². The minimum atomic E-state index is 0.262. The van der Waals surface area contributed by atoms with Gasteiger partial charge in [-0.1, -0.05) is 0 Å². The van der Waals surface area contributed by atoms with Crippen molar-refractivity contribution in [2.45, 2.75) is 13.3 Å². The van der Waals surface area contributed by atoms with Gasteiger partial charge in [0.2, 0.25) is 0 Å². The van der Waals surface area contributed by atoms with Crippen molar-refractivity contribution < 1.29 is 9.84 Å². The van der Waals surface area contributed by atoms with Crippen molar-refractivity contribution in [3.05, 3.63) is 23.8 Å². The van der Waals surface area contributed by atoms with E-state index in [1.807, 2.05) is 27.1 Å². The van der Waals surface area contributed by atoms with E-state index < -0.39 is 0 Å². The SMILES string of the molecule is Cc1cc(O)cc(OCCCN(C)C)c1. The first kappa shape index (κ1) is 11.9. The third kappa shape index (κ3) is 4.70. The molecule has 1 N–H and O–H groups in total. The van der Waals surface area contributed by atoms with Gasteiger partial charge in [-0.2, -0.15) is 0 Å². The summed E-state index contributed by atoms with van der Waals surface area (Å²) in [5.74, 6) is 1.00. The summed E-state index contributed by atoms with van der Waals surface area (Å²) in [7, 11) is 4.08. The van der Waals surface area contributed by atoms with Crippen LogP contribution < -0.4 is 4.74 Å². The Morgan fingerprint density at radius 2 is 2.00 bits per heavy atom. The van der Waals surface area contributed by atoms with Crippen LogP contribution in [-0.4, -0.2) is 37.3 Å². The molecule has 0 spiro atoms. The maximum absolute atomic E-state index is 9.35. The van der Waals surface area contributed by atoms with Crippen molar-refractivity contribution in [3.63, 3.8) is 0 Å². The number of hydrogen-bond donors (Lipinski definition) is 1. The highest BCUT2D eigenvalue weighted by Crippen LogP contribution is 2.21. The number of nitrogens with zero attached hydrogens (tertiary/aromatic N) is 1. The largest absolute Gasteiger partial charge is 0.508 e. The van der Waals surface area contributed by atoms with E-state index in [0.717, 1.165) is 24.3 Å². The Labute approximate surface area is 91.3 Å². The van der Waals surface area contributed by atoms with Crippen molar-refractivity contribution in [2.75, 3.05) is 27.2 Å². The van der Waals surface area contributed by atoms with Gasteiger partial charge in [-0.15, -0.1) is 0 Å². The van der Waals surface area contributed by atoms with Crippen LogP contribution in [-0.2, 0) is 0 Å². The molecule has 0 amide bonds. The Morgan fingerprint density at radius 1 is 1.27 bits per heavy atom. The first-order chi connectivity index (χ1) is 7.08. The van der Waals surface area contributed by atoms with Gasteiger partial charge >= 0.3 is 0 Å². The third-order valence-corrected chi connectivity index (χ3v) is 2.05. The predicted molar refractivity (Wildman–Crippen MR) is 61.5 cm³/mol. The van der Waals surface area contributed by atoms with Gasteiger partial charge in [0.05, 0.1) is 6.61 Å². The van der Waals surface area contributed by atoms with Crippen LogP contribution in [0.1, 0.15) is 12.0 Å². The zero-order valence-electron chi connectivity index (χ0n) is 9.66. The fraction of sp³-hybridized carbons (Fsp3) is 0.500. The molecule has 0 aliphatic carbocycles. The molecule has 3 heteroatoms. The van der Waals surface area contributed by atoms with Crippen molar-refractivity contribution in [3.8, 4) is 11.5 Å². The van der Waals surface area contributed by atoms with Crippen molar-refractivity contribution in [1.82, 2.24) is 4.90 Å². The quantitative estimate of drug-likeness (QED) is 0.753. The van der Waals surface area contributed by atoms with Crippen molar-refractivity contribution in [2.24, 2.45) is 0 Å². The summed E-state index contributed by atoms with van der Waals surface area (Å²) in [5.41, 5.74) is 1.01. The zero-order chi connectivity index (χ0) is 11.3. The van der Waals surface area contributed by atoms with Crippen LogP contribution in [0.3, 0.4) is 0 Å². The maximum Gasteiger partial charge on any atom is 0.123 e. The number of rotatable bonds is 5. The monoisotopic (exact) mass is 209 g/mol. The maximum atomic E-state index is 9.35. The lowest BCUT2D eigenvalue weighted by Gasteiger charge is -2.10. The first-order valence-corrected chi connectivity index (χ1v) is 5.16. The van der Waals surface area contributed by atoms with Gasteiger partial charge < -0.3 is 14.7 Å². The second-order valence-electron chi connectivity index (χ2n) is 4.01. The molecule has 1 aromatic rings. The summed E-state index contributed by atoms with van der Waals surface area (Å²) in [6.45, 7) is 3.63. The minimum Gasteiger partial charge on any atom is -0.508 e. The highest BCUT2D eigenvalue weighted by molar-refractivity contribution is 5.36. The number of phenolic OH excluding ortho intramolecular Hbond substituents is 1. The highest BCUT2D eigenvalue weighted by atomic mass is 16.5. The molecule has 0 radical (unpaired) electrons. The molecule has 0 unspecified atom stereocenters. The van der Waals surface area contributed by atoms with Crippen LogP contribution in [0.15, 0.2) is 18.2 Å². The summed E-state index contributed by atoms with van der Waals surface area (Å²) < 4.78 is 5.53. The molecular formula is C12H19NO2. The van der Waals surface area contributed by atoms with E-state index in [1.165, 1.54) is 0 Å². The molecule has 0 aliphatic rings. The molecule has 0 aromatic heterocycles.